The molecule has 0 spiro atoms. The molecule has 21 heavy (non-hydrogen) atoms. The Bertz CT molecular complexity index is 687. The largest absolute Gasteiger partial charge is 0.481 e. The summed E-state index contributed by atoms with van der Waals surface area (Å²) in [6, 6.07) is 2.93. The first-order valence-corrected chi connectivity index (χ1v) is 6.59. The van der Waals surface area contributed by atoms with Crippen LogP contribution in [0.4, 0.5) is 5.82 Å². The van der Waals surface area contributed by atoms with Crippen molar-refractivity contribution in [2.24, 2.45) is 0 Å². The minimum absolute atomic E-state index is 0.0901. The molecule has 0 aromatic carbocycles. The average molecular weight is 329 g/mol. The third-order valence-corrected chi connectivity index (χ3v) is 3.02. The van der Waals surface area contributed by atoms with Crippen LogP contribution in [0.5, 0.6) is 0 Å². The number of pyridine rings is 1. The van der Waals surface area contributed by atoms with E-state index < -0.39 is 11.9 Å². The molecule has 2 N–H and O–H groups in total. The van der Waals surface area contributed by atoms with Crippen LogP contribution in [0.2, 0.25) is 10.0 Å². The number of hydrogen-bond acceptors (Lipinski definition) is 4. The maximum Gasteiger partial charge on any atom is 0.305 e. The fraction of sp³-hybridized carbons (Fsp3) is 0.167. The maximum atomic E-state index is 12.1. The Morgan fingerprint density at radius 1 is 1.38 bits per heavy atom. The van der Waals surface area contributed by atoms with Crippen LogP contribution in [0.15, 0.2) is 24.5 Å². The van der Waals surface area contributed by atoms with Crippen molar-refractivity contribution in [2.45, 2.75) is 13.0 Å². The summed E-state index contributed by atoms with van der Waals surface area (Å²) in [7, 11) is 0. The molecule has 2 rings (SSSR count). The van der Waals surface area contributed by atoms with Gasteiger partial charge in [0.2, 0.25) is 0 Å². The molecule has 9 heteroatoms. The smallest absolute Gasteiger partial charge is 0.305 e. The lowest BCUT2D eigenvalue weighted by atomic mass is 10.3. The van der Waals surface area contributed by atoms with Crippen LogP contribution < -0.4 is 5.32 Å². The van der Waals surface area contributed by atoms with E-state index in [-0.39, 0.29) is 29.5 Å². The van der Waals surface area contributed by atoms with Gasteiger partial charge in [-0.05, 0) is 12.1 Å². The zero-order chi connectivity index (χ0) is 15.4. The van der Waals surface area contributed by atoms with Gasteiger partial charge in [-0.1, -0.05) is 23.2 Å². The Morgan fingerprint density at radius 3 is 2.81 bits per heavy atom. The molecule has 7 nitrogen and oxygen atoms in total. The van der Waals surface area contributed by atoms with Crippen molar-refractivity contribution < 1.29 is 14.7 Å². The van der Waals surface area contributed by atoms with Gasteiger partial charge in [-0.2, -0.15) is 5.10 Å². The Balaban J connectivity index is 2.13. The minimum atomic E-state index is -0.973. The monoisotopic (exact) mass is 328 g/mol. The molecule has 0 fully saturated rings. The molecule has 2 heterocycles. The number of aromatic nitrogens is 3. The van der Waals surface area contributed by atoms with Crippen molar-refractivity contribution in [1.29, 1.82) is 0 Å². The molecule has 0 saturated heterocycles. The molecule has 0 unspecified atom stereocenters. The van der Waals surface area contributed by atoms with Crippen LogP contribution in [0, 0.1) is 0 Å². The van der Waals surface area contributed by atoms with Crippen LogP contribution in [0.3, 0.4) is 0 Å². The van der Waals surface area contributed by atoms with Gasteiger partial charge >= 0.3 is 5.97 Å². The van der Waals surface area contributed by atoms with Gasteiger partial charge in [-0.3, -0.25) is 14.3 Å². The fourth-order valence-corrected chi connectivity index (χ4v) is 2.01. The van der Waals surface area contributed by atoms with E-state index in [1.807, 2.05) is 0 Å². The number of aryl methyl sites for hydroxylation is 1. The number of nitrogens with zero attached hydrogens (tertiary/aromatic N) is 3. The Labute approximate surface area is 129 Å². The van der Waals surface area contributed by atoms with Crippen molar-refractivity contribution in [3.63, 3.8) is 0 Å². The summed E-state index contributed by atoms with van der Waals surface area (Å²) in [5.74, 6) is -1.30. The third-order valence-electron chi connectivity index (χ3n) is 2.53. The summed E-state index contributed by atoms with van der Waals surface area (Å²) in [5.41, 5.74) is 0.212. The molecule has 2 aromatic rings. The topological polar surface area (TPSA) is 97.1 Å². The highest BCUT2D eigenvalue weighted by atomic mass is 35.5. The summed E-state index contributed by atoms with van der Waals surface area (Å²) in [5, 5.41) is 15.6. The number of aliphatic carboxylic acids is 1. The van der Waals surface area contributed by atoms with Gasteiger partial charge in [0.15, 0.2) is 5.82 Å². The second-order valence-electron chi connectivity index (χ2n) is 4.02. The molecule has 0 aliphatic heterocycles. The van der Waals surface area contributed by atoms with Gasteiger partial charge in [0.1, 0.15) is 5.69 Å². The predicted molar refractivity (Wildman–Crippen MR) is 76.7 cm³/mol. The number of carbonyl (C=O) groups excluding carboxylic acids is 1. The molecule has 2 aromatic heterocycles. The van der Waals surface area contributed by atoms with Crippen LogP contribution >= 0.6 is 23.2 Å². The molecule has 0 aliphatic rings. The summed E-state index contributed by atoms with van der Waals surface area (Å²) in [6.07, 6.45) is 2.63. The van der Waals surface area contributed by atoms with Gasteiger partial charge in [0, 0.05) is 12.4 Å². The van der Waals surface area contributed by atoms with Crippen molar-refractivity contribution in [3.8, 4) is 0 Å². The van der Waals surface area contributed by atoms with E-state index in [1.54, 1.807) is 0 Å². The highest BCUT2D eigenvalue weighted by molar-refractivity contribution is 6.36. The first kappa shape index (κ1) is 15.3. The zero-order valence-electron chi connectivity index (χ0n) is 10.6. The van der Waals surface area contributed by atoms with E-state index in [0.717, 1.165) is 0 Å². The molecular formula is C12H10Cl2N4O3. The van der Waals surface area contributed by atoms with Crippen molar-refractivity contribution >= 4 is 40.9 Å². The maximum absolute atomic E-state index is 12.1. The molecule has 1 amide bonds. The van der Waals surface area contributed by atoms with Crippen LogP contribution in [0.25, 0.3) is 0 Å². The van der Waals surface area contributed by atoms with Gasteiger partial charge in [-0.15, -0.1) is 0 Å². The lowest BCUT2D eigenvalue weighted by molar-refractivity contribution is -0.137. The molecule has 0 bridgehead atoms. The predicted octanol–water partition coefficient (Wildman–Crippen LogP) is 2.31. The normalized spacial score (nSPS) is 10.4. The number of halogens is 2. The van der Waals surface area contributed by atoms with E-state index in [0.29, 0.717) is 5.02 Å². The van der Waals surface area contributed by atoms with E-state index in [1.165, 1.54) is 29.2 Å². The van der Waals surface area contributed by atoms with Crippen LogP contribution in [-0.2, 0) is 11.3 Å². The summed E-state index contributed by atoms with van der Waals surface area (Å²) in [6.45, 7) is 0.0901. The highest BCUT2D eigenvalue weighted by Gasteiger charge is 2.15. The van der Waals surface area contributed by atoms with E-state index in [4.69, 9.17) is 28.3 Å². The minimum Gasteiger partial charge on any atom is -0.481 e. The van der Waals surface area contributed by atoms with Gasteiger partial charge in [-0.25, -0.2) is 4.98 Å². The number of hydrogen-bond donors (Lipinski definition) is 2. The number of rotatable bonds is 5. The SMILES string of the molecule is O=C(O)CCn1nccc1C(=O)Nc1ncc(Cl)cc1Cl. The van der Waals surface area contributed by atoms with Crippen molar-refractivity contribution in [2.75, 3.05) is 5.32 Å². The number of nitrogens with one attached hydrogen (secondary N) is 1. The average Bonchev–Trinajstić information content (AvgIpc) is 2.88. The fourth-order valence-electron chi connectivity index (χ4n) is 1.58. The van der Waals surface area contributed by atoms with Gasteiger partial charge in [0.25, 0.3) is 5.91 Å². The standard InChI is InChI=1S/C12H10Cl2N4O3/c13-7-5-8(14)11(15-6-7)17-12(21)9-1-3-16-18(9)4-2-10(19)20/h1,3,5-6H,2,4H2,(H,19,20)(H,15,17,21). The first-order chi connectivity index (χ1) is 9.97. The number of carbonyl (C=O) groups is 2. The Morgan fingerprint density at radius 2 is 2.14 bits per heavy atom. The highest BCUT2D eigenvalue weighted by Crippen LogP contribution is 2.22. The molecule has 0 radical (unpaired) electrons. The van der Waals surface area contributed by atoms with E-state index >= 15 is 0 Å². The molecular weight excluding hydrogens is 319 g/mol. The third kappa shape index (κ3) is 3.93. The van der Waals surface area contributed by atoms with E-state index in [9.17, 15) is 9.59 Å². The van der Waals surface area contributed by atoms with Crippen molar-refractivity contribution in [1.82, 2.24) is 14.8 Å². The second kappa shape index (κ2) is 6.55. The lowest BCUT2D eigenvalue weighted by Crippen LogP contribution is -2.19. The van der Waals surface area contributed by atoms with E-state index in [2.05, 4.69) is 15.4 Å². The second-order valence-corrected chi connectivity index (χ2v) is 4.87. The first-order valence-electron chi connectivity index (χ1n) is 5.83. The number of carboxylic acids is 1. The number of carboxylic acid groups (broad SMARTS) is 1. The lowest BCUT2D eigenvalue weighted by Gasteiger charge is -2.08. The van der Waals surface area contributed by atoms with Gasteiger partial charge < -0.3 is 10.4 Å². The van der Waals surface area contributed by atoms with Crippen molar-refractivity contribution in [3.05, 3.63) is 40.3 Å². The zero-order valence-corrected chi connectivity index (χ0v) is 12.1. The molecule has 110 valence electrons. The van der Waals surface area contributed by atoms with Crippen LogP contribution in [0.1, 0.15) is 16.9 Å². The number of anilines is 1. The summed E-state index contributed by atoms with van der Waals surface area (Å²) in [4.78, 5) is 26.6. The van der Waals surface area contributed by atoms with Crippen LogP contribution in [-0.4, -0.2) is 31.7 Å². The molecule has 0 atom stereocenters. The number of amides is 1. The quantitative estimate of drug-likeness (QED) is 0.877. The Hall–Kier alpha value is -2.12. The molecule has 0 aliphatic carbocycles. The molecule has 0 saturated carbocycles. The Kier molecular flexibility index (Phi) is 4.77. The summed E-state index contributed by atoms with van der Waals surface area (Å²) >= 11 is 11.6. The van der Waals surface area contributed by atoms with Gasteiger partial charge in [0.05, 0.1) is 23.0 Å². The summed E-state index contributed by atoms with van der Waals surface area (Å²) < 4.78 is 1.30.